The zero-order valence-corrected chi connectivity index (χ0v) is 26.3. The predicted molar refractivity (Wildman–Crippen MR) is 161 cm³/mol. The number of pyridine rings is 1. The number of benzene rings is 1. The van der Waals surface area contributed by atoms with E-state index < -0.39 is 17.5 Å². The van der Waals surface area contributed by atoms with Crippen molar-refractivity contribution in [3.63, 3.8) is 0 Å². The highest BCUT2D eigenvalue weighted by Gasteiger charge is 2.38. The molecule has 1 aromatic carbocycles. The summed E-state index contributed by atoms with van der Waals surface area (Å²) >= 11 is 6.03. The lowest BCUT2D eigenvalue weighted by molar-refractivity contribution is -0.141. The predicted octanol–water partition coefficient (Wildman–Crippen LogP) is 6.61. The van der Waals surface area contributed by atoms with Crippen LogP contribution in [-0.2, 0) is 30.4 Å². The number of halogens is 1. The van der Waals surface area contributed by atoms with Gasteiger partial charge < -0.3 is 23.8 Å². The molecule has 0 spiro atoms. The van der Waals surface area contributed by atoms with Crippen LogP contribution >= 0.6 is 11.6 Å². The maximum Gasteiger partial charge on any atom is 0.336 e. The molecule has 9 heteroatoms. The first-order valence-electron chi connectivity index (χ1n) is 14.7. The van der Waals surface area contributed by atoms with E-state index in [0.717, 1.165) is 24.0 Å². The molecular weight excluding hydrogens is 556 g/mol. The molecule has 3 heterocycles. The van der Waals surface area contributed by atoms with Crippen molar-refractivity contribution in [2.45, 2.75) is 97.1 Å². The topological polar surface area (TPSA) is 87.2 Å². The molecule has 0 bridgehead atoms. The molecule has 2 aromatic rings. The molecule has 1 fully saturated rings. The SMILES string of the molecule is CC1=C(C(=O)OCc2ccccc2OC(C)(C)CCOC(C)(C)C)C(c2ccc(Cl)nc2)CC(=O)N1CC1CCCO1. The minimum Gasteiger partial charge on any atom is -0.487 e. The molecular formula is C33H43ClN2O6. The van der Waals surface area contributed by atoms with E-state index in [1.54, 1.807) is 30.2 Å². The van der Waals surface area contributed by atoms with E-state index in [1.807, 2.05) is 58.9 Å². The molecule has 1 aromatic heterocycles. The summed E-state index contributed by atoms with van der Waals surface area (Å²) in [6.07, 6.45) is 4.24. The number of ether oxygens (including phenoxy) is 4. The number of amides is 1. The van der Waals surface area contributed by atoms with Crippen LogP contribution in [0.1, 0.15) is 84.3 Å². The van der Waals surface area contributed by atoms with Crippen molar-refractivity contribution in [1.29, 1.82) is 0 Å². The first-order chi connectivity index (χ1) is 19.8. The van der Waals surface area contributed by atoms with E-state index in [1.165, 1.54) is 0 Å². The molecule has 0 N–H and O–H groups in total. The maximum atomic E-state index is 13.8. The van der Waals surface area contributed by atoms with Crippen molar-refractivity contribution < 1.29 is 28.5 Å². The molecule has 2 aliphatic heterocycles. The summed E-state index contributed by atoms with van der Waals surface area (Å²) in [5, 5.41) is 0.343. The number of aromatic nitrogens is 1. The summed E-state index contributed by atoms with van der Waals surface area (Å²) in [6, 6.07) is 11.0. The summed E-state index contributed by atoms with van der Waals surface area (Å²) in [7, 11) is 0. The second kappa shape index (κ2) is 13.6. The minimum absolute atomic E-state index is 0.0195. The average Bonchev–Trinajstić information content (AvgIpc) is 3.43. The molecule has 0 saturated carbocycles. The van der Waals surface area contributed by atoms with Crippen LogP contribution in [-0.4, -0.2) is 58.8 Å². The first kappa shape index (κ1) is 32.0. The molecule has 2 atom stereocenters. The third-order valence-electron chi connectivity index (χ3n) is 7.56. The summed E-state index contributed by atoms with van der Waals surface area (Å²) in [5.41, 5.74) is 1.79. The van der Waals surface area contributed by atoms with Gasteiger partial charge in [-0.15, -0.1) is 0 Å². The Morgan fingerprint density at radius 3 is 2.57 bits per heavy atom. The Morgan fingerprint density at radius 1 is 1.14 bits per heavy atom. The number of carbonyl (C=O) groups excluding carboxylic acids is 2. The number of carbonyl (C=O) groups is 2. The van der Waals surface area contributed by atoms with Crippen LogP contribution in [0.2, 0.25) is 5.15 Å². The normalized spacial score (nSPS) is 19.8. The molecule has 0 aliphatic carbocycles. The zero-order valence-electron chi connectivity index (χ0n) is 25.6. The average molecular weight is 599 g/mol. The van der Waals surface area contributed by atoms with Crippen LogP contribution in [0.15, 0.2) is 53.9 Å². The number of rotatable bonds is 11. The number of para-hydroxylation sites is 1. The van der Waals surface area contributed by atoms with Gasteiger partial charge in [0.1, 0.15) is 23.1 Å². The number of esters is 1. The molecule has 1 amide bonds. The Hall–Kier alpha value is -2.94. The Bertz CT molecular complexity index is 1280. The third kappa shape index (κ3) is 8.55. The van der Waals surface area contributed by atoms with Crippen LogP contribution in [0.5, 0.6) is 5.75 Å². The molecule has 1 saturated heterocycles. The van der Waals surface area contributed by atoms with Gasteiger partial charge in [-0.25, -0.2) is 9.78 Å². The van der Waals surface area contributed by atoms with Crippen molar-refractivity contribution >= 4 is 23.5 Å². The number of nitrogens with zero attached hydrogens (tertiary/aromatic N) is 2. The van der Waals surface area contributed by atoms with Crippen LogP contribution in [0, 0.1) is 0 Å². The summed E-state index contributed by atoms with van der Waals surface area (Å²) in [4.78, 5) is 33.0. The van der Waals surface area contributed by atoms with Gasteiger partial charge in [-0.3, -0.25) is 4.79 Å². The van der Waals surface area contributed by atoms with Crippen molar-refractivity contribution in [1.82, 2.24) is 9.88 Å². The zero-order chi connectivity index (χ0) is 30.5. The Morgan fingerprint density at radius 2 is 1.90 bits per heavy atom. The van der Waals surface area contributed by atoms with Gasteiger partial charge in [-0.1, -0.05) is 35.9 Å². The van der Waals surface area contributed by atoms with Crippen LogP contribution in [0.3, 0.4) is 0 Å². The van der Waals surface area contributed by atoms with Crippen molar-refractivity contribution in [2.75, 3.05) is 19.8 Å². The molecule has 2 aliphatic rings. The third-order valence-corrected chi connectivity index (χ3v) is 7.79. The fourth-order valence-corrected chi connectivity index (χ4v) is 5.38. The monoisotopic (exact) mass is 598 g/mol. The molecule has 8 nitrogen and oxygen atoms in total. The number of hydrogen-bond acceptors (Lipinski definition) is 7. The fraction of sp³-hybridized carbons (Fsp3) is 0.545. The Kier molecular flexibility index (Phi) is 10.3. The molecule has 0 radical (unpaired) electrons. The van der Waals surface area contributed by atoms with E-state index in [9.17, 15) is 9.59 Å². The van der Waals surface area contributed by atoms with Crippen molar-refractivity contribution in [3.8, 4) is 5.75 Å². The van der Waals surface area contributed by atoms with Gasteiger partial charge in [0.25, 0.3) is 0 Å². The summed E-state index contributed by atoms with van der Waals surface area (Å²) in [5.74, 6) is -0.390. The molecule has 228 valence electrons. The molecule has 4 rings (SSSR count). The Labute approximate surface area is 254 Å². The quantitative estimate of drug-likeness (QED) is 0.212. The van der Waals surface area contributed by atoms with Gasteiger partial charge in [0.05, 0.1) is 30.4 Å². The van der Waals surface area contributed by atoms with Gasteiger partial charge >= 0.3 is 5.97 Å². The van der Waals surface area contributed by atoms with Crippen LogP contribution < -0.4 is 4.74 Å². The van der Waals surface area contributed by atoms with Crippen molar-refractivity contribution in [2.24, 2.45) is 0 Å². The van der Waals surface area contributed by atoms with E-state index in [2.05, 4.69) is 4.98 Å². The molecule has 42 heavy (non-hydrogen) atoms. The maximum absolute atomic E-state index is 13.8. The largest absolute Gasteiger partial charge is 0.487 e. The van der Waals surface area contributed by atoms with Gasteiger partial charge in [-0.2, -0.15) is 0 Å². The highest BCUT2D eigenvalue weighted by molar-refractivity contribution is 6.29. The lowest BCUT2D eigenvalue weighted by Crippen LogP contribution is -2.42. The van der Waals surface area contributed by atoms with Gasteiger partial charge in [0.15, 0.2) is 0 Å². The standard InChI is InChI=1S/C33H43ClN2O6/c1-22-30(26(23-13-14-28(34)35-19-23)18-29(37)36(22)20-25-11-9-16-39-25)31(38)40-21-24-10-7-8-12-27(24)42-33(5,6)15-17-41-32(2,3)4/h7-8,10,12-14,19,25-26H,9,11,15-18,20-21H2,1-6H3. The summed E-state index contributed by atoms with van der Waals surface area (Å²) in [6.45, 7) is 13.6. The lowest BCUT2D eigenvalue weighted by Gasteiger charge is -2.35. The van der Waals surface area contributed by atoms with E-state index in [4.69, 9.17) is 30.5 Å². The van der Waals surface area contributed by atoms with Crippen LogP contribution in [0.4, 0.5) is 0 Å². The smallest absolute Gasteiger partial charge is 0.336 e. The second-order valence-corrected chi connectivity index (χ2v) is 13.0. The summed E-state index contributed by atoms with van der Waals surface area (Å²) < 4.78 is 24.0. The Balaban J connectivity index is 1.53. The van der Waals surface area contributed by atoms with Gasteiger partial charge in [0, 0.05) is 42.8 Å². The lowest BCUT2D eigenvalue weighted by atomic mass is 9.84. The van der Waals surface area contributed by atoms with Gasteiger partial charge in [-0.05, 0) is 72.1 Å². The first-order valence-corrected chi connectivity index (χ1v) is 15.0. The molecule has 2 unspecified atom stereocenters. The van der Waals surface area contributed by atoms with Gasteiger partial charge in [0.2, 0.25) is 5.91 Å². The van der Waals surface area contributed by atoms with E-state index >= 15 is 0 Å². The fourth-order valence-electron chi connectivity index (χ4n) is 5.27. The highest BCUT2D eigenvalue weighted by atomic mass is 35.5. The van der Waals surface area contributed by atoms with Crippen molar-refractivity contribution in [3.05, 3.63) is 70.1 Å². The van der Waals surface area contributed by atoms with Crippen LogP contribution in [0.25, 0.3) is 0 Å². The minimum atomic E-state index is -0.497. The second-order valence-electron chi connectivity index (χ2n) is 12.6. The van der Waals surface area contributed by atoms with E-state index in [0.29, 0.717) is 48.4 Å². The number of hydrogen-bond donors (Lipinski definition) is 0. The number of allylic oxidation sites excluding steroid dienone is 1. The van der Waals surface area contributed by atoms with E-state index in [-0.39, 0.29) is 30.6 Å². The highest BCUT2D eigenvalue weighted by Crippen LogP contribution is 2.38.